The Bertz CT molecular complexity index is 797. The van der Waals surface area contributed by atoms with E-state index < -0.39 is 0 Å². The molecule has 0 unspecified atom stereocenters. The van der Waals surface area contributed by atoms with Crippen LogP contribution in [0.5, 0.6) is 5.75 Å². The number of carbonyl (C=O) groups excluding carboxylic acids is 1. The molecule has 0 amide bonds. The van der Waals surface area contributed by atoms with E-state index in [4.69, 9.17) is 14.0 Å². The second-order valence-electron chi connectivity index (χ2n) is 5.33. The van der Waals surface area contributed by atoms with Crippen molar-refractivity contribution in [3.05, 3.63) is 52.5 Å². The highest BCUT2D eigenvalue weighted by Gasteiger charge is 2.10. The van der Waals surface area contributed by atoms with Gasteiger partial charge in [0.15, 0.2) is 0 Å². The third-order valence-corrected chi connectivity index (χ3v) is 4.39. The Balaban J connectivity index is 1.44. The first-order chi connectivity index (χ1) is 12.2. The van der Waals surface area contributed by atoms with E-state index in [-0.39, 0.29) is 5.97 Å². The van der Waals surface area contributed by atoms with Gasteiger partial charge < -0.3 is 14.0 Å². The van der Waals surface area contributed by atoms with Gasteiger partial charge in [0.05, 0.1) is 7.11 Å². The molecular formula is C18H18N2O4S. The van der Waals surface area contributed by atoms with Crippen molar-refractivity contribution in [3.63, 3.8) is 0 Å². The normalized spacial score (nSPS) is 10.6. The van der Waals surface area contributed by atoms with Crippen LogP contribution in [0.1, 0.15) is 23.6 Å². The monoisotopic (exact) mass is 358 g/mol. The van der Waals surface area contributed by atoms with Crippen molar-refractivity contribution in [2.45, 2.75) is 25.9 Å². The summed E-state index contributed by atoms with van der Waals surface area (Å²) in [7, 11) is 1.62. The summed E-state index contributed by atoms with van der Waals surface area (Å²) in [5, 5.41) is 5.93. The van der Waals surface area contributed by atoms with Crippen LogP contribution in [-0.4, -0.2) is 23.2 Å². The van der Waals surface area contributed by atoms with E-state index in [2.05, 4.69) is 10.1 Å². The van der Waals surface area contributed by atoms with Crippen LogP contribution in [0.3, 0.4) is 0 Å². The lowest BCUT2D eigenvalue weighted by atomic mass is 10.2. The Hall–Kier alpha value is -2.67. The van der Waals surface area contributed by atoms with Crippen LogP contribution in [0.15, 0.2) is 46.3 Å². The standard InChI is InChI=1S/C18H18N2O4S/c1-22-14-9-7-13(8-10-14)18-19-16(24-20-18)5-2-6-17(21)23-12-15-4-3-11-25-15/h3-4,7-11H,2,5-6,12H2,1H3. The Labute approximate surface area is 149 Å². The van der Waals surface area contributed by atoms with E-state index in [1.54, 1.807) is 18.4 Å². The van der Waals surface area contributed by atoms with Gasteiger partial charge in [0, 0.05) is 23.3 Å². The number of nitrogens with zero attached hydrogens (tertiary/aromatic N) is 2. The zero-order chi connectivity index (χ0) is 17.5. The van der Waals surface area contributed by atoms with E-state index in [1.165, 1.54) is 0 Å². The topological polar surface area (TPSA) is 74.5 Å². The molecule has 25 heavy (non-hydrogen) atoms. The maximum Gasteiger partial charge on any atom is 0.306 e. The number of carbonyl (C=O) groups is 1. The maximum absolute atomic E-state index is 11.7. The van der Waals surface area contributed by atoms with Gasteiger partial charge in [-0.25, -0.2) is 0 Å². The first-order valence-corrected chi connectivity index (χ1v) is 8.77. The summed E-state index contributed by atoms with van der Waals surface area (Å²) in [6, 6.07) is 11.3. The van der Waals surface area contributed by atoms with Crippen LogP contribution in [0.25, 0.3) is 11.4 Å². The Kier molecular flexibility index (Phi) is 5.79. The van der Waals surface area contributed by atoms with E-state index in [1.807, 2.05) is 41.8 Å². The van der Waals surface area contributed by atoms with Gasteiger partial charge in [0.1, 0.15) is 12.4 Å². The Morgan fingerprint density at radius 3 is 2.80 bits per heavy atom. The molecule has 0 atom stereocenters. The van der Waals surface area contributed by atoms with Crippen LogP contribution < -0.4 is 4.74 Å². The smallest absolute Gasteiger partial charge is 0.306 e. The molecule has 0 radical (unpaired) electrons. The second-order valence-corrected chi connectivity index (χ2v) is 6.37. The highest BCUT2D eigenvalue weighted by atomic mass is 32.1. The molecule has 0 aliphatic carbocycles. The van der Waals surface area contributed by atoms with Crippen molar-refractivity contribution in [2.75, 3.05) is 7.11 Å². The van der Waals surface area contributed by atoms with Crippen LogP contribution in [0.2, 0.25) is 0 Å². The molecule has 3 aromatic rings. The van der Waals surface area contributed by atoms with E-state index >= 15 is 0 Å². The molecule has 0 aliphatic heterocycles. The minimum Gasteiger partial charge on any atom is -0.497 e. The minimum absolute atomic E-state index is 0.219. The van der Waals surface area contributed by atoms with Crippen molar-refractivity contribution in [2.24, 2.45) is 0 Å². The highest BCUT2D eigenvalue weighted by Crippen LogP contribution is 2.20. The van der Waals surface area contributed by atoms with E-state index in [0.717, 1.165) is 16.2 Å². The molecule has 130 valence electrons. The fourth-order valence-electron chi connectivity index (χ4n) is 2.22. The van der Waals surface area contributed by atoms with Crippen molar-refractivity contribution in [3.8, 4) is 17.1 Å². The zero-order valence-corrected chi connectivity index (χ0v) is 14.6. The first-order valence-electron chi connectivity index (χ1n) is 7.89. The predicted molar refractivity (Wildman–Crippen MR) is 93.3 cm³/mol. The van der Waals surface area contributed by atoms with Crippen molar-refractivity contribution < 1.29 is 18.8 Å². The molecule has 0 N–H and O–H groups in total. The summed E-state index contributed by atoms with van der Waals surface area (Å²) < 4.78 is 15.6. The predicted octanol–water partition coefficient (Wildman–Crippen LogP) is 3.87. The lowest BCUT2D eigenvalue weighted by Crippen LogP contribution is -2.04. The molecule has 2 aromatic heterocycles. The fraction of sp³-hybridized carbons (Fsp3) is 0.278. The average molecular weight is 358 g/mol. The molecule has 0 saturated carbocycles. The van der Waals surface area contributed by atoms with Crippen molar-refractivity contribution in [1.29, 1.82) is 0 Å². The first kappa shape index (κ1) is 17.2. The molecule has 0 bridgehead atoms. The summed E-state index contributed by atoms with van der Waals surface area (Å²) in [6.07, 6.45) is 1.47. The molecule has 6 nitrogen and oxygen atoms in total. The maximum atomic E-state index is 11.7. The van der Waals surface area contributed by atoms with Gasteiger partial charge >= 0.3 is 5.97 Å². The van der Waals surface area contributed by atoms with Crippen molar-refractivity contribution in [1.82, 2.24) is 10.1 Å². The molecule has 2 heterocycles. The van der Waals surface area contributed by atoms with Gasteiger partial charge in [-0.05, 0) is 42.1 Å². The number of ether oxygens (including phenoxy) is 2. The quantitative estimate of drug-likeness (QED) is 0.569. The summed E-state index contributed by atoms with van der Waals surface area (Å²) >= 11 is 1.57. The van der Waals surface area contributed by atoms with Crippen LogP contribution in [0.4, 0.5) is 0 Å². The van der Waals surface area contributed by atoms with Gasteiger partial charge in [-0.15, -0.1) is 11.3 Å². The largest absolute Gasteiger partial charge is 0.497 e. The third-order valence-electron chi connectivity index (χ3n) is 3.54. The number of esters is 1. The lowest BCUT2D eigenvalue weighted by Gasteiger charge is -2.02. The molecule has 1 aromatic carbocycles. The number of rotatable bonds is 8. The Morgan fingerprint density at radius 1 is 1.24 bits per heavy atom. The number of aromatic nitrogens is 2. The van der Waals surface area contributed by atoms with Crippen LogP contribution in [-0.2, 0) is 22.6 Å². The summed E-state index contributed by atoms with van der Waals surface area (Å²) in [4.78, 5) is 17.1. The van der Waals surface area contributed by atoms with Crippen LogP contribution in [0, 0.1) is 0 Å². The third kappa shape index (κ3) is 4.90. The minimum atomic E-state index is -0.219. The lowest BCUT2D eigenvalue weighted by molar-refractivity contribution is -0.144. The summed E-state index contributed by atoms with van der Waals surface area (Å²) in [6.45, 7) is 0.332. The van der Waals surface area contributed by atoms with Gasteiger partial charge in [0.2, 0.25) is 11.7 Å². The van der Waals surface area contributed by atoms with Crippen molar-refractivity contribution >= 4 is 17.3 Å². The summed E-state index contributed by atoms with van der Waals surface area (Å²) in [5.41, 5.74) is 0.853. The molecule has 0 fully saturated rings. The second kappa shape index (κ2) is 8.43. The van der Waals surface area contributed by atoms with Crippen LogP contribution >= 0.6 is 11.3 Å². The SMILES string of the molecule is COc1ccc(-c2noc(CCCC(=O)OCc3cccs3)n2)cc1. The number of benzene rings is 1. The van der Waals surface area contributed by atoms with Gasteiger partial charge in [-0.3, -0.25) is 4.79 Å². The highest BCUT2D eigenvalue weighted by molar-refractivity contribution is 7.09. The van der Waals surface area contributed by atoms with Gasteiger partial charge in [-0.2, -0.15) is 4.98 Å². The average Bonchev–Trinajstić information content (AvgIpc) is 3.32. The molecule has 0 saturated heterocycles. The van der Waals surface area contributed by atoms with Gasteiger partial charge in [-0.1, -0.05) is 11.2 Å². The number of hydrogen-bond acceptors (Lipinski definition) is 7. The van der Waals surface area contributed by atoms with E-state index in [0.29, 0.717) is 37.6 Å². The molecule has 7 heteroatoms. The zero-order valence-electron chi connectivity index (χ0n) is 13.8. The molecule has 3 rings (SSSR count). The summed E-state index contributed by atoms with van der Waals surface area (Å²) in [5.74, 6) is 1.59. The molecule has 0 aliphatic rings. The number of hydrogen-bond donors (Lipinski definition) is 0. The number of aryl methyl sites for hydroxylation is 1. The molecule has 0 spiro atoms. The Morgan fingerprint density at radius 2 is 2.08 bits per heavy atom. The van der Waals surface area contributed by atoms with E-state index in [9.17, 15) is 4.79 Å². The van der Waals surface area contributed by atoms with Gasteiger partial charge in [0.25, 0.3) is 0 Å². The number of methoxy groups -OCH3 is 1. The fourth-order valence-corrected chi connectivity index (χ4v) is 2.83. The number of thiophene rings is 1. The molecular weight excluding hydrogens is 340 g/mol.